The smallest absolute Gasteiger partial charge is 0.0598 e. The first-order valence-electron chi connectivity index (χ1n) is 5.95. The standard InChI is InChI=1S/C14H23NO/c1-11(2)12(10-16-14(3,4)5)13-8-6-7-9-15-13/h6-9,11-12H,10H2,1-5H3/t12-/m1/s1. The zero-order valence-electron chi connectivity index (χ0n) is 11.0. The van der Waals surface area contributed by atoms with Crippen LogP contribution in [-0.4, -0.2) is 17.2 Å². The van der Waals surface area contributed by atoms with Gasteiger partial charge in [0, 0.05) is 17.8 Å². The van der Waals surface area contributed by atoms with Crippen molar-refractivity contribution >= 4 is 0 Å². The average molecular weight is 221 g/mol. The van der Waals surface area contributed by atoms with Gasteiger partial charge in [0.15, 0.2) is 0 Å². The first kappa shape index (κ1) is 13.2. The van der Waals surface area contributed by atoms with Gasteiger partial charge in [-0.15, -0.1) is 0 Å². The van der Waals surface area contributed by atoms with Crippen LogP contribution >= 0.6 is 0 Å². The molecule has 0 aliphatic heterocycles. The highest BCUT2D eigenvalue weighted by molar-refractivity contribution is 5.10. The maximum atomic E-state index is 5.87. The second-order valence-corrected chi connectivity index (χ2v) is 5.53. The highest BCUT2D eigenvalue weighted by Crippen LogP contribution is 2.24. The molecule has 0 aliphatic rings. The van der Waals surface area contributed by atoms with Crippen molar-refractivity contribution in [3.8, 4) is 0 Å². The summed E-state index contributed by atoms with van der Waals surface area (Å²) < 4.78 is 5.87. The van der Waals surface area contributed by atoms with Crippen molar-refractivity contribution in [2.45, 2.75) is 46.1 Å². The van der Waals surface area contributed by atoms with E-state index in [-0.39, 0.29) is 5.60 Å². The summed E-state index contributed by atoms with van der Waals surface area (Å²) in [5.41, 5.74) is 1.05. The molecule has 90 valence electrons. The van der Waals surface area contributed by atoms with Gasteiger partial charge in [-0.1, -0.05) is 19.9 Å². The lowest BCUT2D eigenvalue weighted by Gasteiger charge is -2.26. The molecule has 0 unspecified atom stereocenters. The van der Waals surface area contributed by atoms with Crippen LogP contribution in [0.2, 0.25) is 0 Å². The summed E-state index contributed by atoms with van der Waals surface area (Å²) in [6.45, 7) is 11.4. The Kier molecular flexibility index (Phi) is 4.48. The molecule has 0 N–H and O–H groups in total. The second kappa shape index (κ2) is 5.44. The van der Waals surface area contributed by atoms with Crippen molar-refractivity contribution in [3.63, 3.8) is 0 Å². The van der Waals surface area contributed by atoms with Crippen LogP contribution in [0.3, 0.4) is 0 Å². The van der Waals surface area contributed by atoms with E-state index in [4.69, 9.17) is 4.74 Å². The van der Waals surface area contributed by atoms with E-state index in [2.05, 4.69) is 45.7 Å². The van der Waals surface area contributed by atoms with Gasteiger partial charge in [-0.05, 0) is 38.8 Å². The second-order valence-electron chi connectivity index (χ2n) is 5.53. The largest absolute Gasteiger partial charge is 0.375 e. The van der Waals surface area contributed by atoms with Crippen LogP contribution in [0.5, 0.6) is 0 Å². The van der Waals surface area contributed by atoms with E-state index in [0.717, 1.165) is 12.3 Å². The molecule has 0 saturated heterocycles. The maximum Gasteiger partial charge on any atom is 0.0598 e. The molecule has 1 aromatic heterocycles. The normalized spacial score (nSPS) is 14.1. The zero-order valence-corrected chi connectivity index (χ0v) is 11.0. The molecular formula is C14H23NO. The van der Waals surface area contributed by atoms with E-state index in [1.54, 1.807) is 0 Å². The lowest BCUT2D eigenvalue weighted by molar-refractivity contribution is -0.0165. The third-order valence-electron chi connectivity index (χ3n) is 2.57. The van der Waals surface area contributed by atoms with Crippen molar-refractivity contribution in [1.82, 2.24) is 4.98 Å². The Morgan fingerprint density at radius 3 is 2.38 bits per heavy atom. The van der Waals surface area contributed by atoms with Gasteiger partial charge < -0.3 is 4.74 Å². The van der Waals surface area contributed by atoms with Gasteiger partial charge in [0.2, 0.25) is 0 Å². The molecule has 0 saturated carbocycles. The van der Waals surface area contributed by atoms with Gasteiger partial charge in [0.25, 0.3) is 0 Å². The fraction of sp³-hybridized carbons (Fsp3) is 0.643. The summed E-state index contributed by atoms with van der Waals surface area (Å²) >= 11 is 0. The number of hydrogen-bond acceptors (Lipinski definition) is 2. The molecule has 1 rings (SSSR count). The Bertz CT molecular complexity index is 300. The van der Waals surface area contributed by atoms with Crippen LogP contribution in [-0.2, 0) is 4.74 Å². The molecule has 16 heavy (non-hydrogen) atoms. The minimum Gasteiger partial charge on any atom is -0.375 e. The molecular weight excluding hydrogens is 198 g/mol. The van der Waals surface area contributed by atoms with E-state index < -0.39 is 0 Å². The first-order valence-corrected chi connectivity index (χ1v) is 5.95. The molecule has 0 bridgehead atoms. The molecule has 0 spiro atoms. The number of nitrogens with zero attached hydrogens (tertiary/aromatic N) is 1. The quantitative estimate of drug-likeness (QED) is 0.774. The van der Waals surface area contributed by atoms with Gasteiger partial charge in [-0.3, -0.25) is 4.98 Å². The fourth-order valence-corrected chi connectivity index (χ4v) is 1.55. The number of pyridine rings is 1. The minimum absolute atomic E-state index is 0.0814. The van der Waals surface area contributed by atoms with Crippen molar-refractivity contribution in [1.29, 1.82) is 0 Å². The van der Waals surface area contributed by atoms with Crippen LogP contribution in [0.4, 0.5) is 0 Å². The summed E-state index contributed by atoms with van der Waals surface area (Å²) in [4.78, 5) is 4.42. The molecule has 2 nitrogen and oxygen atoms in total. The first-order chi connectivity index (χ1) is 7.40. The number of hydrogen-bond donors (Lipinski definition) is 0. The van der Waals surface area contributed by atoms with Crippen LogP contribution in [0.1, 0.15) is 46.2 Å². The van der Waals surface area contributed by atoms with Gasteiger partial charge in [-0.2, -0.15) is 0 Å². The lowest BCUT2D eigenvalue weighted by Crippen LogP contribution is -2.25. The van der Waals surface area contributed by atoms with Gasteiger partial charge in [0.1, 0.15) is 0 Å². The van der Waals surface area contributed by atoms with Crippen molar-refractivity contribution in [2.24, 2.45) is 5.92 Å². The molecule has 0 aromatic carbocycles. The third kappa shape index (κ3) is 4.31. The fourth-order valence-electron chi connectivity index (χ4n) is 1.55. The van der Waals surface area contributed by atoms with Crippen molar-refractivity contribution in [2.75, 3.05) is 6.61 Å². The summed E-state index contributed by atoms with van der Waals surface area (Å²) in [5.74, 6) is 0.915. The lowest BCUT2D eigenvalue weighted by atomic mass is 9.92. The molecule has 1 aromatic rings. The van der Waals surface area contributed by atoms with E-state index >= 15 is 0 Å². The predicted molar refractivity (Wildman–Crippen MR) is 67.5 cm³/mol. The highest BCUT2D eigenvalue weighted by Gasteiger charge is 2.20. The molecule has 0 radical (unpaired) electrons. The summed E-state index contributed by atoms with van der Waals surface area (Å²) in [7, 11) is 0. The highest BCUT2D eigenvalue weighted by atomic mass is 16.5. The van der Waals surface area contributed by atoms with Crippen molar-refractivity contribution < 1.29 is 4.74 Å². The van der Waals surface area contributed by atoms with Crippen LogP contribution in [0.15, 0.2) is 24.4 Å². The average Bonchev–Trinajstić information content (AvgIpc) is 2.17. The number of rotatable bonds is 4. The molecule has 2 heteroatoms. The monoisotopic (exact) mass is 221 g/mol. The molecule has 0 amide bonds. The van der Waals surface area contributed by atoms with Gasteiger partial charge in [0.05, 0.1) is 12.2 Å². The maximum absolute atomic E-state index is 5.87. The Morgan fingerprint density at radius 2 is 1.94 bits per heavy atom. The molecule has 1 heterocycles. The van der Waals surface area contributed by atoms with Crippen molar-refractivity contribution in [3.05, 3.63) is 30.1 Å². The minimum atomic E-state index is -0.0814. The van der Waals surface area contributed by atoms with Gasteiger partial charge in [-0.25, -0.2) is 0 Å². The third-order valence-corrected chi connectivity index (χ3v) is 2.57. The van der Waals surface area contributed by atoms with Crippen LogP contribution in [0, 0.1) is 5.92 Å². The van der Waals surface area contributed by atoms with Crippen LogP contribution in [0.25, 0.3) is 0 Å². The number of aromatic nitrogens is 1. The Hall–Kier alpha value is -0.890. The van der Waals surface area contributed by atoms with Gasteiger partial charge >= 0.3 is 0 Å². The molecule has 1 atom stereocenters. The van der Waals surface area contributed by atoms with E-state index in [1.807, 2.05) is 18.3 Å². The summed E-state index contributed by atoms with van der Waals surface area (Å²) in [5, 5.41) is 0. The molecule has 0 aliphatic carbocycles. The SMILES string of the molecule is CC(C)[C@@H](COC(C)(C)C)c1ccccn1. The topological polar surface area (TPSA) is 22.1 Å². The van der Waals surface area contributed by atoms with Crippen LogP contribution < -0.4 is 0 Å². The van der Waals surface area contributed by atoms with E-state index in [1.165, 1.54) is 0 Å². The molecule has 0 fully saturated rings. The van der Waals surface area contributed by atoms with E-state index in [9.17, 15) is 0 Å². The summed E-state index contributed by atoms with van der Waals surface area (Å²) in [6.07, 6.45) is 1.85. The zero-order chi connectivity index (χ0) is 12.2. The number of ether oxygens (including phenoxy) is 1. The Balaban J connectivity index is 2.70. The van der Waals surface area contributed by atoms with E-state index in [0.29, 0.717) is 11.8 Å². The predicted octanol–water partition coefficient (Wildman–Crippen LogP) is 3.64. The Labute approximate surface area is 99.0 Å². The Morgan fingerprint density at radius 1 is 1.25 bits per heavy atom. The summed E-state index contributed by atoms with van der Waals surface area (Å²) in [6, 6.07) is 6.07.